The van der Waals surface area contributed by atoms with E-state index in [0.29, 0.717) is 11.3 Å². The number of phenols is 1. The Hall–Kier alpha value is -2.50. The van der Waals surface area contributed by atoms with E-state index in [4.69, 9.17) is 14.4 Å². The van der Waals surface area contributed by atoms with Gasteiger partial charge in [-0.05, 0) is 18.6 Å². The standard InChI is InChI=1S/C12H11NO5/c1-6-3-7(9(14)5-10(6)17-2)11-4-8(12(15)16)13-18-11/h3-5,14H,1-2H3,(H,15,16). The summed E-state index contributed by atoms with van der Waals surface area (Å²) in [6, 6.07) is 4.33. The van der Waals surface area contributed by atoms with E-state index in [0.717, 1.165) is 5.56 Å². The van der Waals surface area contributed by atoms with E-state index in [2.05, 4.69) is 5.16 Å². The number of benzene rings is 1. The van der Waals surface area contributed by atoms with Crippen LogP contribution in [0.4, 0.5) is 0 Å². The summed E-state index contributed by atoms with van der Waals surface area (Å²) in [5.74, 6) is -0.523. The molecule has 2 N–H and O–H groups in total. The highest BCUT2D eigenvalue weighted by molar-refractivity contribution is 5.86. The van der Waals surface area contributed by atoms with Crippen LogP contribution >= 0.6 is 0 Å². The maximum absolute atomic E-state index is 10.7. The van der Waals surface area contributed by atoms with Gasteiger partial charge in [0.05, 0.1) is 12.7 Å². The van der Waals surface area contributed by atoms with Crippen LogP contribution in [0.5, 0.6) is 11.5 Å². The number of methoxy groups -OCH3 is 1. The molecule has 18 heavy (non-hydrogen) atoms. The third kappa shape index (κ3) is 2.00. The summed E-state index contributed by atoms with van der Waals surface area (Å²) in [7, 11) is 1.50. The Morgan fingerprint density at radius 3 is 2.67 bits per heavy atom. The normalized spacial score (nSPS) is 10.3. The van der Waals surface area contributed by atoms with Crippen molar-refractivity contribution in [1.82, 2.24) is 5.16 Å². The van der Waals surface area contributed by atoms with Crippen molar-refractivity contribution in [3.8, 4) is 22.8 Å². The summed E-state index contributed by atoms with van der Waals surface area (Å²) in [6.45, 7) is 1.80. The first kappa shape index (κ1) is 12.0. The molecule has 0 radical (unpaired) electrons. The highest BCUT2D eigenvalue weighted by atomic mass is 16.5. The first-order chi connectivity index (χ1) is 8.52. The number of carbonyl (C=O) groups is 1. The summed E-state index contributed by atoms with van der Waals surface area (Å²) >= 11 is 0. The third-order valence-electron chi connectivity index (χ3n) is 2.51. The lowest BCUT2D eigenvalue weighted by atomic mass is 10.1. The fourth-order valence-corrected chi connectivity index (χ4v) is 1.60. The number of aromatic carboxylic acids is 1. The Morgan fingerprint density at radius 1 is 1.39 bits per heavy atom. The Labute approximate surface area is 102 Å². The minimum absolute atomic E-state index is 0.0643. The topological polar surface area (TPSA) is 92.8 Å². The Bertz CT molecular complexity index is 603. The van der Waals surface area contributed by atoms with Crippen molar-refractivity contribution in [2.75, 3.05) is 7.11 Å². The number of aromatic nitrogens is 1. The van der Waals surface area contributed by atoms with Gasteiger partial charge in [0.25, 0.3) is 0 Å². The van der Waals surface area contributed by atoms with Crippen molar-refractivity contribution in [3.63, 3.8) is 0 Å². The summed E-state index contributed by atoms with van der Waals surface area (Å²) in [5.41, 5.74) is 0.949. The van der Waals surface area contributed by atoms with Crippen molar-refractivity contribution in [3.05, 3.63) is 29.5 Å². The van der Waals surface area contributed by atoms with Crippen molar-refractivity contribution in [2.45, 2.75) is 6.92 Å². The maximum atomic E-state index is 10.7. The van der Waals surface area contributed by atoms with Crippen LogP contribution in [-0.4, -0.2) is 28.4 Å². The quantitative estimate of drug-likeness (QED) is 0.864. The first-order valence-electron chi connectivity index (χ1n) is 5.11. The number of hydrogen-bond acceptors (Lipinski definition) is 5. The predicted molar refractivity (Wildman–Crippen MR) is 61.9 cm³/mol. The van der Waals surface area contributed by atoms with Crippen molar-refractivity contribution in [1.29, 1.82) is 0 Å². The Morgan fingerprint density at radius 2 is 2.11 bits per heavy atom. The summed E-state index contributed by atoms with van der Waals surface area (Å²) in [5, 5.41) is 22.0. The molecule has 0 saturated heterocycles. The third-order valence-corrected chi connectivity index (χ3v) is 2.51. The highest BCUT2D eigenvalue weighted by Gasteiger charge is 2.16. The fraction of sp³-hybridized carbons (Fsp3) is 0.167. The van der Waals surface area contributed by atoms with Gasteiger partial charge in [0, 0.05) is 12.1 Å². The number of aryl methyl sites for hydroxylation is 1. The SMILES string of the molecule is COc1cc(O)c(-c2cc(C(=O)O)no2)cc1C. The Kier molecular flexibility index (Phi) is 2.93. The Balaban J connectivity index is 2.50. The van der Waals surface area contributed by atoms with E-state index in [1.807, 2.05) is 0 Å². The molecule has 0 spiro atoms. The molecular formula is C12H11NO5. The van der Waals surface area contributed by atoms with Crippen LogP contribution in [0.2, 0.25) is 0 Å². The highest BCUT2D eigenvalue weighted by Crippen LogP contribution is 2.35. The van der Waals surface area contributed by atoms with E-state index >= 15 is 0 Å². The molecular weight excluding hydrogens is 238 g/mol. The molecule has 0 fully saturated rings. The van der Waals surface area contributed by atoms with E-state index < -0.39 is 5.97 Å². The molecule has 0 unspecified atom stereocenters. The number of rotatable bonds is 3. The van der Waals surface area contributed by atoms with Gasteiger partial charge in [-0.15, -0.1) is 0 Å². The lowest BCUT2D eigenvalue weighted by Gasteiger charge is -2.07. The van der Waals surface area contributed by atoms with Crippen molar-refractivity contribution < 1.29 is 24.3 Å². The van der Waals surface area contributed by atoms with Gasteiger partial charge < -0.3 is 19.5 Å². The number of carboxylic acid groups (broad SMARTS) is 1. The number of ether oxygens (including phenoxy) is 1. The summed E-state index contributed by atoms with van der Waals surface area (Å²) in [6.07, 6.45) is 0. The number of aromatic hydroxyl groups is 1. The van der Waals surface area contributed by atoms with Gasteiger partial charge in [-0.1, -0.05) is 5.16 Å². The van der Waals surface area contributed by atoms with Crippen LogP contribution in [-0.2, 0) is 0 Å². The molecule has 6 heteroatoms. The van der Waals surface area contributed by atoms with Crippen LogP contribution in [0.25, 0.3) is 11.3 Å². The van der Waals surface area contributed by atoms with Gasteiger partial charge in [0.15, 0.2) is 11.5 Å². The molecule has 0 aliphatic carbocycles. The first-order valence-corrected chi connectivity index (χ1v) is 5.11. The molecule has 94 valence electrons. The number of carboxylic acids is 1. The van der Waals surface area contributed by atoms with Crippen molar-refractivity contribution >= 4 is 5.97 Å². The minimum atomic E-state index is -1.19. The molecule has 6 nitrogen and oxygen atoms in total. The molecule has 1 aromatic carbocycles. The average Bonchev–Trinajstić information content (AvgIpc) is 2.81. The predicted octanol–water partition coefficient (Wildman–Crippen LogP) is 2.06. The van der Waals surface area contributed by atoms with Gasteiger partial charge in [-0.25, -0.2) is 4.79 Å². The zero-order valence-corrected chi connectivity index (χ0v) is 9.80. The number of nitrogens with zero attached hydrogens (tertiary/aromatic N) is 1. The minimum Gasteiger partial charge on any atom is -0.507 e. The zero-order valence-electron chi connectivity index (χ0n) is 9.80. The fourth-order valence-electron chi connectivity index (χ4n) is 1.60. The molecule has 0 aliphatic rings. The second-order valence-corrected chi connectivity index (χ2v) is 3.72. The molecule has 0 saturated carbocycles. The van der Waals surface area contributed by atoms with Crippen LogP contribution in [0.15, 0.2) is 22.7 Å². The average molecular weight is 249 g/mol. The lowest BCUT2D eigenvalue weighted by Crippen LogP contribution is -1.94. The van der Waals surface area contributed by atoms with Crippen LogP contribution in [0, 0.1) is 6.92 Å². The smallest absolute Gasteiger partial charge is 0.358 e. The van der Waals surface area contributed by atoms with Crippen LogP contribution in [0.3, 0.4) is 0 Å². The molecule has 1 heterocycles. The van der Waals surface area contributed by atoms with E-state index in [-0.39, 0.29) is 17.2 Å². The lowest BCUT2D eigenvalue weighted by molar-refractivity contribution is 0.0686. The molecule has 1 aromatic heterocycles. The van der Waals surface area contributed by atoms with Gasteiger partial charge in [-0.3, -0.25) is 0 Å². The largest absolute Gasteiger partial charge is 0.507 e. The molecule has 0 atom stereocenters. The second-order valence-electron chi connectivity index (χ2n) is 3.72. The number of hydrogen-bond donors (Lipinski definition) is 2. The van der Waals surface area contributed by atoms with Gasteiger partial charge in [0.1, 0.15) is 11.5 Å². The number of phenolic OH excluding ortho intramolecular Hbond substituents is 1. The second kappa shape index (κ2) is 4.40. The summed E-state index contributed by atoms with van der Waals surface area (Å²) < 4.78 is 9.95. The van der Waals surface area contributed by atoms with Gasteiger partial charge >= 0.3 is 5.97 Å². The summed E-state index contributed by atoms with van der Waals surface area (Å²) in [4.78, 5) is 10.7. The van der Waals surface area contributed by atoms with E-state index in [9.17, 15) is 9.90 Å². The molecule has 2 aromatic rings. The van der Waals surface area contributed by atoms with E-state index in [1.165, 1.54) is 19.2 Å². The molecule has 0 aliphatic heterocycles. The maximum Gasteiger partial charge on any atom is 0.358 e. The molecule has 0 amide bonds. The monoisotopic (exact) mass is 249 g/mol. The molecule has 0 bridgehead atoms. The molecule has 2 rings (SSSR count). The van der Waals surface area contributed by atoms with Crippen LogP contribution in [0.1, 0.15) is 16.1 Å². The van der Waals surface area contributed by atoms with Crippen molar-refractivity contribution in [2.24, 2.45) is 0 Å². The van der Waals surface area contributed by atoms with E-state index in [1.54, 1.807) is 13.0 Å². The van der Waals surface area contributed by atoms with Gasteiger partial charge in [0.2, 0.25) is 0 Å². The zero-order chi connectivity index (χ0) is 13.3. The van der Waals surface area contributed by atoms with Gasteiger partial charge in [-0.2, -0.15) is 0 Å². The van der Waals surface area contributed by atoms with Crippen LogP contribution < -0.4 is 4.74 Å².